The molecule has 0 bridgehead atoms. The number of hydrogen-bond acceptors (Lipinski definition) is 2. The minimum atomic E-state index is 0.717. The molecule has 0 aliphatic rings. The summed E-state index contributed by atoms with van der Waals surface area (Å²) >= 11 is 0. The van der Waals surface area contributed by atoms with Gasteiger partial charge in [-0.3, -0.25) is 9.78 Å². The van der Waals surface area contributed by atoms with Gasteiger partial charge in [-0.2, -0.15) is 0 Å². The topological polar surface area (TPSA) is 30.0 Å². The maximum Gasteiger partial charge on any atom is 0.150 e. The van der Waals surface area contributed by atoms with Crippen LogP contribution in [0.25, 0.3) is 0 Å². The molecule has 0 N–H and O–H groups in total. The Morgan fingerprint density at radius 2 is 1.82 bits per heavy atom. The fraction of sp³-hybridized carbons (Fsp3) is 0.200. The second-order valence-electron chi connectivity index (χ2n) is 3.35. The summed E-state index contributed by atoms with van der Waals surface area (Å²) < 4.78 is 0. The third-order valence-electron chi connectivity index (χ3n) is 2.31. The third kappa shape index (κ3) is 3.83. The van der Waals surface area contributed by atoms with Crippen molar-refractivity contribution >= 4 is 6.29 Å². The first kappa shape index (κ1) is 13.1. The normalized spacial score (nSPS) is 9.06. The molecule has 1 aromatic carbocycles. The van der Waals surface area contributed by atoms with Crippen LogP contribution in [0, 0.1) is 0 Å². The second-order valence-corrected chi connectivity index (χ2v) is 3.35. The molecule has 0 aliphatic carbocycles. The molecule has 0 aliphatic heterocycles. The van der Waals surface area contributed by atoms with Crippen molar-refractivity contribution in [1.82, 2.24) is 4.98 Å². The molecule has 2 heteroatoms. The van der Waals surface area contributed by atoms with Gasteiger partial charge in [-0.1, -0.05) is 44.2 Å². The highest BCUT2D eigenvalue weighted by atomic mass is 16.1. The molecule has 88 valence electrons. The SMILES string of the molecule is CC.O=Cc1ccncc1Cc1ccccc1. The van der Waals surface area contributed by atoms with Gasteiger partial charge in [0.05, 0.1) is 0 Å². The average molecular weight is 227 g/mol. The van der Waals surface area contributed by atoms with E-state index in [1.165, 1.54) is 5.56 Å². The molecule has 0 fully saturated rings. The van der Waals surface area contributed by atoms with Crippen molar-refractivity contribution < 1.29 is 4.79 Å². The molecule has 2 rings (SSSR count). The van der Waals surface area contributed by atoms with Gasteiger partial charge in [0.1, 0.15) is 6.29 Å². The fourth-order valence-electron chi connectivity index (χ4n) is 1.52. The quantitative estimate of drug-likeness (QED) is 0.751. The van der Waals surface area contributed by atoms with Crippen LogP contribution in [0.2, 0.25) is 0 Å². The Kier molecular flexibility index (Phi) is 5.66. The van der Waals surface area contributed by atoms with Gasteiger partial charge in [0, 0.05) is 18.0 Å². The Balaban J connectivity index is 0.000000686. The monoisotopic (exact) mass is 227 g/mol. The van der Waals surface area contributed by atoms with Gasteiger partial charge in [0.2, 0.25) is 0 Å². The van der Waals surface area contributed by atoms with Crippen molar-refractivity contribution in [1.29, 1.82) is 0 Å². The first-order valence-corrected chi connectivity index (χ1v) is 5.82. The first-order chi connectivity index (χ1) is 8.40. The summed E-state index contributed by atoms with van der Waals surface area (Å²) in [6, 6.07) is 11.8. The fourth-order valence-corrected chi connectivity index (χ4v) is 1.52. The van der Waals surface area contributed by atoms with Gasteiger partial charge in [-0.15, -0.1) is 0 Å². The molecular weight excluding hydrogens is 210 g/mol. The second kappa shape index (κ2) is 7.34. The lowest BCUT2D eigenvalue weighted by Crippen LogP contribution is -1.95. The van der Waals surface area contributed by atoms with E-state index in [1.54, 1.807) is 18.5 Å². The van der Waals surface area contributed by atoms with Gasteiger partial charge in [0.15, 0.2) is 0 Å². The zero-order valence-corrected chi connectivity index (χ0v) is 10.3. The Morgan fingerprint density at radius 1 is 1.12 bits per heavy atom. The summed E-state index contributed by atoms with van der Waals surface area (Å²) in [5.74, 6) is 0. The lowest BCUT2D eigenvalue weighted by molar-refractivity contribution is 0.112. The van der Waals surface area contributed by atoms with Gasteiger partial charge in [0.25, 0.3) is 0 Å². The van der Waals surface area contributed by atoms with Gasteiger partial charge < -0.3 is 0 Å². The van der Waals surface area contributed by atoms with E-state index >= 15 is 0 Å². The van der Waals surface area contributed by atoms with Gasteiger partial charge in [-0.25, -0.2) is 0 Å². The van der Waals surface area contributed by atoms with Crippen LogP contribution in [-0.2, 0) is 6.42 Å². The van der Waals surface area contributed by atoms with Crippen LogP contribution in [-0.4, -0.2) is 11.3 Å². The summed E-state index contributed by atoms with van der Waals surface area (Å²) in [6.07, 6.45) is 5.01. The molecule has 1 aromatic heterocycles. The van der Waals surface area contributed by atoms with Crippen LogP contribution in [0.3, 0.4) is 0 Å². The van der Waals surface area contributed by atoms with E-state index in [0.29, 0.717) is 5.56 Å². The Labute approximate surface area is 102 Å². The van der Waals surface area contributed by atoms with E-state index in [0.717, 1.165) is 18.3 Å². The highest BCUT2D eigenvalue weighted by Gasteiger charge is 2.01. The van der Waals surface area contributed by atoms with E-state index in [2.05, 4.69) is 4.98 Å². The highest BCUT2D eigenvalue weighted by molar-refractivity contribution is 5.77. The summed E-state index contributed by atoms with van der Waals surface area (Å²) in [6.45, 7) is 4.00. The zero-order chi connectivity index (χ0) is 12.5. The van der Waals surface area contributed by atoms with Crippen molar-refractivity contribution in [3.05, 3.63) is 65.5 Å². The molecule has 2 nitrogen and oxygen atoms in total. The molecule has 0 spiro atoms. The first-order valence-electron chi connectivity index (χ1n) is 5.82. The minimum absolute atomic E-state index is 0.717. The third-order valence-corrected chi connectivity index (χ3v) is 2.31. The van der Waals surface area contributed by atoms with Crippen LogP contribution >= 0.6 is 0 Å². The minimum Gasteiger partial charge on any atom is -0.298 e. The number of hydrogen-bond donors (Lipinski definition) is 0. The molecule has 0 saturated carbocycles. The van der Waals surface area contributed by atoms with Crippen LogP contribution in [0.15, 0.2) is 48.8 Å². The Morgan fingerprint density at radius 3 is 2.47 bits per heavy atom. The number of benzene rings is 1. The van der Waals surface area contributed by atoms with E-state index in [4.69, 9.17) is 0 Å². The average Bonchev–Trinajstić information content (AvgIpc) is 2.43. The molecule has 17 heavy (non-hydrogen) atoms. The van der Waals surface area contributed by atoms with Gasteiger partial charge >= 0.3 is 0 Å². The summed E-state index contributed by atoms with van der Waals surface area (Å²) in [5, 5.41) is 0. The van der Waals surface area contributed by atoms with Crippen molar-refractivity contribution in [3.8, 4) is 0 Å². The smallest absolute Gasteiger partial charge is 0.150 e. The highest BCUT2D eigenvalue weighted by Crippen LogP contribution is 2.11. The summed E-state index contributed by atoms with van der Waals surface area (Å²) in [4.78, 5) is 14.8. The molecule has 0 radical (unpaired) electrons. The number of carbonyl (C=O) groups excluding carboxylic acids is 1. The summed E-state index contributed by atoms with van der Waals surface area (Å²) in [7, 11) is 0. The van der Waals surface area contributed by atoms with E-state index in [9.17, 15) is 4.79 Å². The number of aromatic nitrogens is 1. The van der Waals surface area contributed by atoms with Crippen LogP contribution in [0.5, 0.6) is 0 Å². The maximum absolute atomic E-state index is 10.8. The van der Waals surface area contributed by atoms with Gasteiger partial charge in [-0.05, 0) is 23.6 Å². The van der Waals surface area contributed by atoms with Crippen molar-refractivity contribution in [3.63, 3.8) is 0 Å². The number of rotatable bonds is 3. The zero-order valence-electron chi connectivity index (χ0n) is 10.3. The summed E-state index contributed by atoms with van der Waals surface area (Å²) in [5.41, 5.74) is 2.88. The number of pyridine rings is 1. The Hall–Kier alpha value is -1.96. The lowest BCUT2D eigenvalue weighted by atomic mass is 10.0. The molecule has 0 saturated heterocycles. The molecule has 0 amide bonds. The van der Waals surface area contributed by atoms with Crippen molar-refractivity contribution in [2.24, 2.45) is 0 Å². The predicted molar refractivity (Wildman–Crippen MR) is 70.2 cm³/mol. The van der Waals surface area contributed by atoms with E-state index in [-0.39, 0.29) is 0 Å². The molecule has 1 heterocycles. The Bertz CT molecular complexity index is 451. The van der Waals surface area contributed by atoms with E-state index < -0.39 is 0 Å². The predicted octanol–water partition coefficient (Wildman–Crippen LogP) is 3.51. The largest absolute Gasteiger partial charge is 0.298 e. The van der Waals surface area contributed by atoms with Crippen LogP contribution in [0.4, 0.5) is 0 Å². The number of nitrogens with zero attached hydrogens (tertiary/aromatic N) is 1. The number of aldehydes is 1. The molecule has 2 aromatic rings. The molecule has 0 atom stereocenters. The van der Waals surface area contributed by atoms with Crippen LogP contribution < -0.4 is 0 Å². The maximum atomic E-state index is 10.8. The van der Waals surface area contributed by atoms with Crippen molar-refractivity contribution in [2.75, 3.05) is 0 Å². The molecule has 0 unspecified atom stereocenters. The van der Waals surface area contributed by atoms with Crippen LogP contribution in [0.1, 0.15) is 35.3 Å². The molecular formula is C15H17NO. The standard InChI is InChI=1S/C13H11NO.C2H6/c15-10-12-6-7-14-9-13(12)8-11-4-2-1-3-5-11;1-2/h1-7,9-10H,8H2;1-2H3. The van der Waals surface area contributed by atoms with Crippen molar-refractivity contribution in [2.45, 2.75) is 20.3 Å². The van der Waals surface area contributed by atoms with E-state index in [1.807, 2.05) is 44.2 Å². The number of carbonyl (C=O) groups is 1. The lowest BCUT2D eigenvalue weighted by Gasteiger charge is -2.03.